The maximum absolute atomic E-state index is 13.1. The zero-order chi connectivity index (χ0) is 12.1. The van der Waals surface area contributed by atoms with Crippen molar-refractivity contribution >= 4 is 5.82 Å². The van der Waals surface area contributed by atoms with Crippen LogP contribution in [0.15, 0.2) is 36.5 Å². The van der Waals surface area contributed by atoms with Gasteiger partial charge in [-0.25, -0.2) is 14.9 Å². The molecule has 1 aromatic heterocycles. The lowest BCUT2D eigenvalue weighted by Gasteiger charge is -2.06. The highest BCUT2D eigenvalue weighted by atomic mass is 19.1. The van der Waals surface area contributed by atoms with Crippen molar-refractivity contribution in [2.45, 2.75) is 6.61 Å². The molecule has 0 saturated heterocycles. The van der Waals surface area contributed by atoms with Crippen LogP contribution >= 0.6 is 0 Å². The third-order valence-corrected chi connectivity index (χ3v) is 1.98. The van der Waals surface area contributed by atoms with Crippen molar-refractivity contribution in [2.75, 3.05) is 5.48 Å². The highest BCUT2D eigenvalue weighted by Gasteiger charge is 2.05. The molecule has 2 aromatic rings. The van der Waals surface area contributed by atoms with Crippen molar-refractivity contribution in [1.82, 2.24) is 9.97 Å². The second kappa shape index (κ2) is 5.22. The normalized spacial score (nSPS) is 10.2. The van der Waals surface area contributed by atoms with Crippen molar-refractivity contribution in [2.24, 2.45) is 0 Å². The number of halogens is 1. The fraction of sp³-hybridized carbons (Fsp3) is 0.0909. The molecular weight excluding hydrogens is 225 g/mol. The number of anilines is 1. The maximum atomic E-state index is 13.1. The Balaban J connectivity index is 1.92. The average molecular weight is 235 g/mol. The molecule has 0 aliphatic carbocycles. The van der Waals surface area contributed by atoms with Gasteiger partial charge in [0.1, 0.15) is 0 Å². The second-order valence-corrected chi connectivity index (χ2v) is 3.24. The molecule has 88 valence electrons. The lowest BCUT2D eigenvalue weighted by molar-refractivity contribution is 0.177. The van der Waals surface area contributed by atoms with Crippen LogP contribution in [0.5, 0.6) is 6.01 Å². The molecule has 0 unspecified atom stereocenters. The van der Waals surface area contributed by atoms with Crippen LogP contribution in [-0.2, 0) is 11.4 Å². The molecule has 2 N–H and O–H groups in total. The first-order valence-electron chi connectivity index (χ1n) is 4.89. The quantitative estimate of drug-likeness (QED) is 0.792. The van der Waals surface area contributed by atoms with Crippen molar-refractivity contribution in [3.8, 4) is 6.01 Å². The number of hydrogen-bond donors (Lipinski definition) is 2. The van der Waals surface area contributed by atoms with Crippen molar-refractivity contribution in [3.05, 3.63) is 47.9 Å². The van der Waals surface area contributed by atoms with E-state index in [1.165, 1.54) is 0 Å². The Morgan fingerprint density at radius 3 is 2.82 bits per heavy atom. The van der Waals surface area contributed by atoms with Crippen LogP contribution in [0.1, 0.15) is 5.56 Å². The van der Waals surface area contributed by atoms with Gasteiger partial charge in [0.15, 0.2) is 11.6 Å². The fourth-order valence-electron chi connectivity index (χ4n) is 1.19. The van der Waals surface area contributed by atoms with E-state index in [0.717, 1.165) is 11.8 Å². The van der Waals surface area contributed by atoms with Gasteiger partial charge < -0.3 is 5.11 Å². The summed E-state index contributed by atoms with van der Waals surface area (Å²) in [6.45, 7) is 0.255. The number of nitrogens with one attached hydrogen (secondary N) is 1. The van der Waals surface area contributed by atoms with Crippen LogP contribution in [0.25, 0.3) is 0 Å². The summed E-state index contributed by atoms with van der Waals surface area (Å²) in [6.07, 6.45) is 0.858. The molecule has 0 fully saturated rings. The average Bonchev–Trinajstić information content (AvgIpc) is 2.35. The SMILES string of the molecule is Oc1ncc(F)c(NOCc2ccccc2)n1. The van der Waals surface area contributed by atoms with E-state index in [9.17, 15) is 4.39 Å². The lowest BCUT2D eigenvalue weighted by atomic mass is 10.2. The largest absolute Gasteiger partial charge is 0.479 e. The molecule has 0 radical (unpaired) electrons. The Hall–Kier alpha value is -2.21. The molecule has 0 spiro atoms. The molecule has 5 nitrogen and oxygen atoms in total. The van der Waals surface area contributed by atoms with E-state index in [0.29, 0.717) is 0 Å². The molecule has 6 heteroatoms. The summed E-state index contributed by atoms with van der Waals surface area (Å²) >= 11 is 0. The predicted octanol–water partition coefficient (Wildman–Crippen LogP) is 1.86. The van der Waals surface area contributed by atoms with E-state index in [2.05, 4.69) is 15.4 Å². The number of aromatic hydroxyl groups is 1. The molecule has 2 rings (SSSR count). The monoisotopic (exact) mass is 235 g/mol. The third-order valence-electron chi connectivity index (χ3n) is 1.98. The van der Waals surface area contributed by atoms with Crippen molar-refractivity contribution < 1.29 is 14.3 Å². The van der Waals surface area contributed by atoms with Crippen LogP contribution in [0.2, 0.25) is 0 Å². The lowest BCUT2D eigenvalue weighted by Crippen LogP contribution is -2.05. The number of hydrogen-bond acceptors (Lipinski definition) is 5. The summed E-state index contributed by atoms with van der Waals surface area (Å²) in [4.78, 5) is 11.8. The van der Waals surface area contributed by atoms with Crippen molar-refractivity contribution in [1.29, 1.82) is 0 Å². The molecule has 0 amide bonds. The van der Waals surface area contributed by atoms with Crippen LogP contribution in [0.4, 0.5) is 10.2 Å². The van der Waals surface area contributed by atoms with E-state index in [4.69, 9.17) is 9.94 Å². The van der Waals surface area contributed by atoms with Gasteiger partial charge in [-0.15, -0.1) is 0 Å². The van der Waals surface area contributed by atoms with Gasteiger partial charge in [0.05, 0.1) is 12.8 Å². The number of benzene rings is 1. The van der Waals surface area contributed by atoms with E-state index in [1.807, 2.05) is 30.3 Å². The molecule has 1 heterocycles. The van der Waals surface area contributed by atoms with Gasteiger partial charge in [0, 0.05) is 0 Å². The Morgan fingerprint density at radius 1 is 1.29 bits per heavy atom. The summed E-state index contributed by atoms with van der Waals surface area (Å²) in [6, 6.07) is 8.85. The molecule has 0 aliphatic heterocycles. The van der Waals surface area contributed by atoms with Crippen LogP contribution < -0.4 is 5.48 Å². The van der Waals surface area contributed by atoms with Gasteiger partial charge in [-0.05, 0) is 5.56 Å². The summed E-state index contributed by atoms with van der Waals surface area (Å²) in [5.74, 6) is -0.899. The Bertz CT molecular complexity index is 493. The molecular formula is C11H10FN3O2. The first kappa shape index (κ1) is 11.3. The van der Waals surface area contributed by atoms with Crippen LogP contribution in [0.3, 0.4) is 0 Å². The first-order chi connectivity index (χ1) is 8.25. The van der Waals surface area contributed by atoms with Gasteiger partial charge >= 0.3 is 6.01 Å². The van der Waals surface area contributed by atoms with Crippen molar-refractivity contribution in [3.63, 3.8) is 0 Å². The summed E-state index contributed by atoms with van der Waals surface area (Å²) in [7, 11) is 0. The van der Waals surface area contributed by atoms with Gasteiger partial charge in [0.2, 0.25) is 0 Å². The Labute approximate surface area is 96.9 Å². The smallest absolute Gasteiger partial charge is 0.316 e. The third kappa shape index (κ3) is 3.12. The molecule has 0 bridgehead atoms. The van der Waals surface area contributed by atoms with E-state index < -0.39 is 11.8 Å². The van der Waals surface area contributed by atoms with Gasteiger partial charge in [-0.1, -0.05) is 30.3 Å². The van der Waals surface area contributed by atoms with Crippen LogP contribution in [-0.4, -0.2) is 15.1 Å². The minimum Gasteiger partial charge on any atom is -0.479 e. The zero-order valence-electron chi connectivity index (χ0n) is 8.80. The van der Waals surface area contributed by atoms with Gasteiger partial charge in [-0.3, -0.25) is 4.84 Å². The minimum atomic E-state index is -0.698. The number of rotatable bonds is 4. The predicted molar refractivity (Wildman–Crippen MR) is 58.5 cm³/mol. The zero-order valence-corrected chi connectivity index (χ0v) is 8.80. The maximum Gasteiger partial charge on any atom is 0.316 e. The molecule has 1 aromatic carbocycles. The van der Waals surface area contributed by atoms with Gasteiger partial charge in [-0.2, -0.15) is 4.98 Å². The topological polar surface area (TPSA) is 67.3 Å². The van der Waals surface area contributed by atoms with E-state index in [-0.39, 0.29) is 12.4 Å². The molecule has 0 aliphatic rings. The van der Waals surface area contributed by atoms with Crippen LogP contribution in [0, 0.1) is 5.82 Å². The van der Waals surface area contributed by atoms with Gasteiger partial charge in [0.25, 0.3) is 0 Å². The standard InChI is InChI=1S/C11H10FN3O2/c12-9-6-13-11(16)14-10(9)15-17-7-8-4-2-1-3-5-8/h1-6H,7H2,(H2,13,14,15,16). The highest BCUT2D eigenvalue weighted by Crippen LogP contribution is 2.12. The number of aromatic nitrogens is 2. The summed E-state index contributed by atoms with van der Waals surface area (Å²) in [5.41, 5.74) is 3.25. The van der Waals surface area contributed by atoms with E-state index in [1.54, 1.807) is 0 Å². The second-order valence-electron chi connectivity index (χ2n) is 3.24. The highest BCUT2D eigenvalue weighted by molar-refractivity contribution is 5.33. The molecule has 0 saturated carbocycles. The minimum absolute atomic E-state index is 0.201. The summed E-state index contributed by atoms with van der Waals surface area (Å²) < 4.78 is 13.1. The fourth-order valence-corrected chi connectivity index (χ4v) is 1.19. The molecule has 17 heavy (non-hydrogen) atoms. The number of nitrogens with zero attached hydrogens (tertiary/aromatic N) is 2. The summed E-state index contributed by atoms with van der Waals surface area (Å²) in [5, 5.41) is 8.97. The first-order valence-corrected chi connectivity index (χ1v) is 4.89. The van der Waals surface area contributed by atoms with E-state index >= 15 is 0 Å². The molecule has 0 atom stereocenters. The Morgan fingerprint density at radius 2 is 2.06 bits per heavy atom. The Kier molecular flexibility index (Phi) is 3.46.